The van der Waals surface area contributed by atoms with Crippen molar-refractivity contribution < 1.29 is 28.7 Å². The molecular weight excluding hydrogens is 442 g/mol. The maximum Gasteiger partial charge on any atom is 0.342 e. The van der Waals surface area contributed by atoms with Crippen LogP contribution in [0.4, 0.5) is 4.79 Å². The Morgan fingerprint density at radius 3 is 2.53 bits per heavy atom. The zero-order valence-corrected chi connectivity index (χ0v) is 19.3. The summed E-state index contributed by atoms with van der Waals surface area (Å²) in [5.74, 6) is -2.98. The number of hydrogen-bond donors (Lipinski definition) is 4. The lowest BCUT2D eigenvalue weighted by molar-refractivity contribution is -0.167. The molecule has 3 atom stereocenters. The summed E-state index contributed by atoms with van der Waals surface area (Å²) in [7, 11) is 0. The highest BCUT2D eigenvalue weighted by Gasteiger charge is 2.57. The van der Waals surface area contributed by atoms with E-state index in [1.807, 2.05) is 19.9 Å². The van der Waals surface area contributed by atoms with Crippen molar-refractivity contribution in [2.45, 2.75) is 57.3 Å². The lowest BCUT2D eigenvalue weighted by Crippen LogP contribution is -2.65. The van der Waals surface area contributed by atoms with E-state index < -0.39 is 47.3 Å². The fourth-order valence-corrected chi connectivity index (χ4v) is 4.30. The minimum absolute atomic E-state index is 0.0150. The van der Waals surface area contributed by atoms with Crippen LogP contribution < -0.4 is 21.7 Å². The Balaban J connectivity index is 1.80. The van der Waals surface area contributed by atoms with E-state index in [0.29, 0.717) is 6.42 Å². The third kappa shape index (κ3) is 5.29. The summed E-state index contributed by atoms with van der Waals surface area (Å²) in [6, 6.07) is 6.64. The SMILES string of the molecule is CC(C)C[C@H](NC(=O)C1CNC(=O)N1)C(=O)N1CCC[C@]1(C(N)=O)C(=O)OCc1ccccc1. The lowest BCUT2D eigenvalue weighted by atomic mass is 9.93. The molecule has 0 saturated carbocycles. The number of primary amides is 1. The molecule has 2 aliphatic rings. The number of ether oxygens (including phenoxy) is 1. The molecule has 5 N–H and O–H groups in total. The van der Waals surface area contributed by atoms with Crippen LogP contribution in [-0.4, -0.2) is 65.3 Å². The summed E-state index contributed by atoms with van der Waals surface area (Å²) in [6.07, 6.45) is 0.676. The third-order valence-electron chi connectivity index (χ3n) is 6.02. The van der Waals surface area contributed by atoms with Gasteiger partial charge in [-0.1, -0.05) is 44.2 Å². The number of carbonyl (C=O) groups excluding carboxylic acids is 5. The lowest BCUT2D eigenvalue weighted by Gasteiger charge is -2.36. The molecular formula is C23H31N5O6. The van der Waals surface area contributed by atoms with Crippen molar-refractivity contribution in [2.75, 3.05) is 13.1 Å². The van der Waals surface area contributed by atoms with Gasteiger partial charge < -0.3 is 31.3 Å². The highest BCUT2D eigenvalue weighted by atomic mass is 16.5. The van der Waals surface area contributed by atoms with E-state index >= 15 is 0 Å². The zero-order chi connectivity index (χ0) is 24.9. The van der Waals surface area contributed by atoms with Crippen LogP contribution in [0.1, 0.15) is 38.7 Å². The van der Waals surface area contributed by atoms with E-state index in [4.69, 9.17) is 10.5 Å². The molecule has 11 nitrogen and oxygen atoms in total. The van der Waals surface area contributed by atoms with Gasteiger partial charge in [-0.05, 0) is 30.7 Å². The van der Waals surface area contributed by atoms with E-state index in [-0.39, 0.29) is 38.5 Å². The van der Waals surface area contributed by atoms with Gasteiger partial charge in [-0.25, -0.2) is 9.59 Å². The van der Waals surface area contributed by atoms with Gasteiger partial charge in [-0.2, -0.15) is 0 Å². The number of esters is 1. The topological polar surface area (TPSA) is 160 Å². The van der Waals surface area contributed by atoms with Crippen molar-refractivity contribution in [3.8, 4) is 0 Å². The van der Waals surface area contributed by atoms with Gasteiger partial charge in [-0.15, -0.1) is 0 Å². The molecule has 0 spiro atoms. The molecule has 2 saturated heterocycles. The fourth-order valence-electron chi connectivity index (χ4n) is 4.30. The first kappa shape index (κ1) is 25.0. The second-order valence-corrected chi connectivity index (χ2v) is 8.98. The Kier molecular flexibility index (Phi) is 7.75. The van der Waals surface area contributed by atoms with Crippen LogP contribution in [-0.2, 0) is 30.5 Å². The van der Waals surface area contributed by atoms with Crippen LogP contribution in [0.5, 0.6) is 0 Å². The molecule has 2 heterocycles. The number of benzene rings is 1. The van der Waals surface area contributed by atoms with E-state index in [9.17, 15) is 24.0 Å². The van der Waals surface area contributed by atoms with Gasteiger partial charge in [0.05, 0.1) is 0 Å². The number of nitrogens with one attached hydrogen (secondary N) is 3. The molecule has 3 rings (SSSR count). The smallest absolute Gasteiger partial charge is 0.342 e. The average molecular weight is 474 g/mol. The van der Waals surface area contributed by atoms with Gasteiger partial charge in [0.1, 0.15) is 18.7 Å². The summed E-state index contributed by atoms with van der Waals surface area (Å²) in [5.41, 5.74) is 4.45. The van der Waals surface area contributed by atoms with Crippen LogP contribution in [0.2, 0.25) is 0 Å². The van der Waals surface area contributed by atoms with Crippen LogP contribution in [0, 0.1) is 5.92 Å². The van der Waals surface area contributed by atoms with Gasteiger partial charge in [0.15, 0.2) is 0 Å². The number of amides is 5. The standard InChI is InChI=1S/C23H31N5O6/c1-14(2)11-16(26-18(29)17-12-25-22(33)27-17)19(30)28-10-6-9-23(28,20(24)31)21(32)34-13-15-7-4-3-5-8-15/h3-5,7-8,14,16-17H,6,9-13H2,1-2H3,(H2,24,31)(H,26,29)(H2,25,27,33)/t16-,17?,23-/m0/s1. The number of urea groups is 1. The molecule has 0 aromatic heterocycles. The first-order valence-electron chi connectivity index (χ1n) is 11.3. The molecule has 2 fully saturated rings. The number of likely N-dealkylation sites (tertiary alicyclic amines) is 1. The second-order valence-electron chi connectivity index (χ2n) is 8.98. The van der Waals surface area contributed by atoms with Gasteiger partial charge in [0.2, 0.25) is 17.4 Å². The van der Waals surface area contributed by atoms with Crippen molar-refractivity contribution >= 4 is 29.7 Å². The molecule has 184 valence electrons. The largest absolute Gasteiger partial charge is 0.459 e. The Morgan fingerprint density at radius 1 is 1.24 bits per heavy atom. The normalized spacial score (nSPS) is 22.6. The van der Waals surface area contributed by atoms with Crippen LogP contribution >= 0.6 is 0 Å². The number of rotatable bonds is 9. The number of hydrogen-bond acceptors (Lipinski definition) is 6. The first-order chi connectivity index (χ1) is 16.1. The number of nitrogens with zero attached hydrogens (tertiary/aromatic N) is 1. The van der Waals surface area contributed by atoms with Crippen molar-refractivity contribution in [2.24, 2.45) is 11.7 Å². The molecule has 2 aliphatic heterocycles. The molecule has 34 heavy (non-hydrogen) atoms. The molecule has 1 aromatic carbocycles. The van der Waals surface area contributed by atoms with Gasteiger partial charge in [0, 0.05) is 13.1 Å². The third-order valence-corrected chi connectivity index (χ3v) is 6.02. The van der Waals surface area contributed by atoms with Gasteiger partial charge in [-0.3, -0.25) is 14.4 Å². The van der Waals surface area contributed by atoms with E-state index in [1.165, 1.54) is 0 Å². The fraction of sp³-hybridized carbons (Fsp3) is 0.522. The predicted octanol–water partition coefficient (Wildman–Crippen LogP) is -0.211. The molecule has 1 unspecified atom stereocenters. The summed E-state index contributed by atoms with van der Waals surface area (Å²) >= 11 is 0. The molecule has 0 radical (unpaired) electrons. The molecule has 1 aromatic rings. The maximum absolute atomic E-state index is 13.6. The number of nitrogens with two attached hydrogens (primary N) is 1. The van der Waals surface area contributed by atoms with E-state index in [1.54, 1.807) is 24.3 Å². The van der Waals surface area contributed by atoms with Gasteiger partial charge in [0.25, 0.3) is 5.91 Å². The second kappa shape index (κ2) is 10.5. The Hall–Kier alpha value is -3.63. The van der Waals surface area contributed by atoms with Crippen molar-refractivity contribution in [3.05, 3.63) is 35.9 Å². The number of carbonyl (C=O) groups is 5. The highest BCUT2D eigenvalue weighted by Crippen LogP contribution is 2.32. The highest BCUT2D eigenvalue weighted by molar-refractivity contribution is 6.10. The minimum atomic E-state index is -1.95. The molecule has 0 bridgehead atoms. The van der Waals surface area contributed by atoms with Gasteiger partial charge >= 0.3 is 12.0 Å². The quantitative estimate of drug-likeness (QED) is 0.287. The average Bonchev–Trinajstić information content (AvgIpc) is 3.44. The van der Waals surface area contributed by atoms with Crippen LogP contribution in [0.3, 0.4) is 0 Å². The Labute approximate surface area is 197 Å². The summed E-state index contributed by atoms with van der Waals surface area (Å²) < 4.78 is 5.42. The minimum Gasteiger partial charge on any atom is -0.459 e. The zero-order valence-electron chi connectivity index (χ0n) is 19.3. The Bertz CT molecular complexity index is 952. The Morgan fingerprint density at radius 2 is 1.94 bits per heavy atom. The van der Waals surface area contributed by atoms with E-state index in [0.717, 1.165) is 10.5 Å². The van der Waals surface area contributed by atoms with E-state index in [2.05, 4.69) is 16.0 Å². The van der Waals surface area contributed by atoms with Crippen molar-refractivity contribution in [3.63, 3.8) is 0 Å². The summed E-state index contributed by atoms with van der Waals surface area (Å²) in [5, 5.41) is 7.63. The molecule has 0 aliphatic carbocycles. The van der Waals surface area contributed by atoms with Crippen LogP contribution in [0.25, 0.3) is 0 Å². The predicted molar refractivity (Wildman–Crippen MR) is 121 cm³/mol. The molecule has 11 heteroatoms. The summed E-state index contributed by atoms with van der Waals surface area (Å²) in [6.45, 7) is 3.90. The van der Waals surface area contributed by atoms with Crippen molar-refractivity contribution in [1.29, 1.82) is 0 Å². The molecule has 5 amide bonds. The monoisotopic (exact) mass is 473 g/mol. The summed E-state index contributed by atoms with van der Waals surface area (Å²) in [4.78, 5) is 64.5. The maximum atomic E-state index is 13.6. The first-order valence-corrected chi connectivity index (χ1v) is 11.3. The van der Waals surface area contributed by atoms with Crippen LogP contribution in [0.15, 0.2) is 30.3 Å². The van der Waals surface area contributed by atoms with Crippen molar-refractivity contribution in [1.82, 2.24) is 20.9 Å².